The summed E-state index contributed by atoms with van der Waals surface area (Å²) in [5.41, 5.74) is 2.61. The molecule has 0 aliphatic carbocycles. The second-order valence-electron chi connectivity index (χ2n) is 4.96. The van der Waals surface area contributed by atoms with Gasteiger partial charge in [-0.15, -0.1) is 0 Å². The maximum Gasteiger partial charge on any atom is 0.224 e. The number of anilines is 1. The normalized spacial score (nSPS) is 10.1. The van der Waals surface area contributed by atoms with Crippen LogP contribution in [0.1, 0.15) is 18.1 Å². The van der Waals surface area contributed by atoms with Crippen molar-refractivity contribution in [2.75, 3.05) is 5.32 Å². The van der Waals surface area contributed by atoms with Gasteiger partial charge in [-0.1, -0.05) is 35.9 Å². The lowest BCUT2D eigenvalue weighted by Crippen LogP contribution is -2.24. The summed E-state index contributed by atoms with van der Waals surface area (Å²) in [6.45, 7) is 1.93. The van der Waals surface area contributed by atoms with Crippen LogP contribution in [0.3, 0.4) is 0 Å². The zero-order valence-corrected chi connectivity index (χ0v) is 13.0. The highest BCUT2D eigenvalue weighted by Gasteiger charge is 2.04. The number of rotatable bonds is 5. The summed E-state index contributed by atoms with van der Waals surface area (Å²) in [7, 11) is 0. The highest BCUT2D eigenvalue weighted by molar-refractivity contribution is 6.30. The Morgan fingerprint density at radius 2 is 1.55 bits per heavy atom. The van der Waals surface area contributed by atoms with Gasteiger partial charge in [0.25, 0.3) is 0 Å². The highest BCUT2D eigenvalue weighted by Crippen LogP contribution is 2.11. The molecule has 2 N–H and O–H groups in total. The number of carbonyl (C=O) groups excluding carboxylic acids is 2. The first-order valence-corrected chi connectivity index (χ1v) is 7.28. The van der Waals surface area contributed by atoms with E-state index in [-0.39, 0.29) is 11.8 Å². The summed E-state index contributed by atoms with van der Waals surface area (Å²) in [5.74, 6) is -0.171. The van der Waals surface area contributed by atoms with Gasteiger partial charge in [0.15, 0.2) is 0 Å². The molecule has 0 heterocycles. The van der Waals surface area contributed by atoms with Crippen molar-refractivity contribution in [1.82, 2.24) is 5.32 Å². The highest BCUT2D eigenvalue weighted by atomic mass is 35.5. The van der Waals surface area contributed by atoms with Crippen LogP contribution in [0.4, 0.5) is 5.69 Å². The van der Waals surface area contributed by atoms with Crippen LogP contribution in [0.2, 0.25) is 5.02 Å². The van der Waals surface area contributed by atoms with Gasteiger partial charge in [0.05, 0.1) is 6.42 Å². The van der Waals surface area contributed by atoms with Gasteiger partial charge in [0.1, 0.15) is 0 Å². The van der Waals surface area contributed by atoms with Crippen LogP contribution in [0.25, 0.3) is 0 Å². The van der Waals surface area contributed by atoms with E-state index in [0.717, 1.165) is 16.8 Å². The van der Waals surface area contributed by atoms with Gasteiger partial charge in [-0.05, 0) is 35.4 Å². The number of hydrogen-bond donors (Lipinski definition) is 2. The van der Waals surface area contributed by atoms with E-state index < -0.39 is 0 Å². The molecule has 0 spiro atoms. The first-order chi connectivity index (χ1) is 10.5. The molecule has 0 aliphatic heterocycles. The molecular formula is C17H17ClN2O2. The average molecular weight is 317 g/mol. The molecule has 0 aliphatic rings. The Balaban J connectivity index is 1.83. The van der Waals surface area contributed by atoms with Crippen LogP contribution >= 0.6 is 11.6 Å². The van der Waals surface area contributed by atoms with Gasteiger partial charge in [-0.2, -0.15) is 0 Å². The third-order valence-corrected chi connectivity index (χ3v) is 3.29. The summed E-state index contributed by atoms with van der Waals surface area (Å²) < 4.78 is 0. The number of halogens is 1. The second-order valence-corrected chi connectivity index (χ2v) is 5.39. The van der Waals surface area contributed by atoms with Crippen molar-refractivity contribution in [3.05, 3.63) is 64.7 Å². The van der Waals surface area contributed by atoms with Gasteiger partial charge in [-0.3, -0.25) is 9.59 Å². The van der Waals surface area contributed by atoms with Crippen molar-refractivity contribution in [3.63, 3.8) is 0 Å². The van der Waals surface area contributed by atoms with Gasteiger partial charge in [0.2, 0.25) is 11.8 Å². The first kappa shape index (κ1) is 16.0. The van der Waals surface area contributed by atoms with Crippen LogP contribution in [0.5, 0.6) is 0 Å². The third kappa shape index (κ3) is 5.22. The number of nitrogens with one attached hydrogen (secondary N) is 2. The number of amides is 2. The molecule has 2 aromatic rings. The fourth-order valence-electron chi connectivity index (χ4n) is 1.96. The summed E-state index contributed by atoms with van der Waals surface area (Å²) in [6.07, 6.45) is 0.300. The van der Waals surface area contributed by atoms with Crippen molar-refractivity contribution in [2.45, 2.75) is 19.9 Å². The van der Waals surface area contributed by atoms with Crippen molar-refractivity contribution in [2.24, 2.45) is 0 Å². The minimum absolute atomic E-state index is 0.0535. The Hall–Kier alpha value is -2.33. The second kappa shape index (κ2) is 7.61. The summed E-state index contributed by atoms with van der Waals surface area (Å²) >= 11 is 5.81. The molecule has 2 aromatic carbocycles. The van der Waals surface area contributed by atoms with Crippen LogP contribution in [-0.4, -0.2) is 11.8 Å². The molecule has 0 unspecified atom stereocenters. The van der Waals surface area contributed by atoms with Gasteiger partial charge >= 0.3 is 0 Å². The number of benzene rings is 2. The Morgan fingerprint density at radius 3 is 2.14 bits per heavy atom. The van der Waals surface area contributed by atoms with Crippen LogP contribution in [-0.2, 0) is 22.6 Å². The number of hydrogen-bond acceptors (Lipinski definition) is 2. The van der Waals surface area contributed by atoms with E-state index in [2.05, 4.69) is 10.6 Å². The average Bonchev–Trinajstić information content (AvgIpc) is 2.48. The fraction of sp³-hybridized carbons (Fsp3) is 0.176. The lowest BCUT2D eigenvalue weighted by atomic mass is 10.1. The Kier molecular flexibility index (Phi) is 5.55. The summed E-state index contributed by atoms with van der Waals surface area (Å²) in [5, 5.41) is 6.22. The molecular weight excluding hydrogens is 300 g/mol. The fourth-order valence-corrected chi connectivity index (χ4v) is 2.09. The Bertz CT molecular complexity index is 651. The maximum absolute atomic E-state index is 11.9. The zero-order valence-electron chi connectivity index (χ0n) is 12.2. The standard InChI is InChI=1S/C17H17ClN2O2/c1-12(21)20-16-8-4-13(5-9-16)10-17(22)19-11-14-2-6-15(18)7-3-14/h2-9H,10-11H2,1H3,(H,19,22)(H,20,21). The van der Waals surface area contributed by atoms with Crippen molar-refractivity contribution >= 4 is 29.1 Å². The van der Waals surface area contributed by atoms with Crippen LogP contribution < -0.4 is 10.6 Å². The largest absolute Gasteiger partial charge is 0.352 e. The van der Waals surface area contributed by atoms with E-state index in [1.807, 2.05) is 24.3 Å². The van der Waals surface area contributed by atoms with Crippen molar-refractivity contribution in [3.8, 4) is 0 Å². The lowest BCUT2D eigenvalue weighted by molar-refractivity contribution is -0.120. The lowest BCUT2D eigenvalue weighted by Gasteiger charge is -2.07. The minimum atomic E-state index is -0.117. The smallest absolute Gasteiger partial charge is 0.224 e. The molecule has 5 heteroatoms. The van der Waals surface area contributed by atoms with E-state index in [1.54, 1.807) is 24.3 Å². The van der Waals surface area contributed by atoms with Crippen LogP contribution in [0, 0.1) is 0 Å². The Morgan fingerprint density at radius 1 is 0.955 bits per heavy atom. The summed E-state index contributed by atoms with van der Waals surface area (Å²) in [4.78, 5) is 22.8. The molecule has 114 valence electrons. The summed E-state index contributed by atoms with van der Waals surface area (Å²) in [6, 6.07) is 14.6. The van der Waals surface area contributed by atoms with Gasteiger partial charge in [-0.25, -0.2) is 0 Å². The number of carbonyl (C=O) groups is 2. The molecule has 0 aromatic heterocycles. The predicted octanol–water partition coefficient (Wildman–Crippen LogP) is 3.16. The molecule has 0 saturated carbocycles. The third-order valence-electron chi connectivity index (χ3n) is 3.04. The van der Waals surface area contributed by atoms with E-state index >= 15 is 0 Å². The van der Waals surface area contributed by atoms with Gasteiger partial charge < -0.3 is 10.6 Å². The molecule has 22 heavy (non-hydrogen) atoms. The topological polar surface area (TPSA) is 58.2 Å². The zero-order chi connectivity index (χ0) is 15.9. The van der Waals surface area contributed by atoms with Crippen LogP contribution in [0.15, 0.2) is 48.5 Å². The maximum atomic E-state index is 11.9. The Labute approximate surface area is 134 Å². The minimum Gasteiger partial charge on any atom is -0.352 e. The molecule has 0 atom stereocenters. The molecule has 0 radical (unpaired) electrons. The monoisotopic (exact) mass is 316 g/mol. The molecule has 0 saturated heterocycles. The van der Waals surface area contributed by atoms with E-state index in [0.29, 0.717) is 18.0 Å². The molecule has 2 amide bonds. The van der Waals surface area contributed by atoms with E-state index in [9.17, 15) is 9.59 Å². The van der Waals surface area contributed by atoms with Crippen molar-refractivity contribution in [1.29, 1.82) is 0 Å². The van der Waals surface area contributed by atoms with E-state index in [1.165, 1.54) is 6.92 Å². The first-order valence-electron chi connectivity index (χ1n) is 6.90. The van der Waals surface area contributed by atoms with Crippen molar-refractivity contribution < 1.29 is 9.59 Å². The van der Waals surface area contributed by atoms with E-state index in [4.69, 9.17) is 11.6 Å². The SMILES string of the molecule is CC(=O)Nc1ccc(CC(=O)NCc2ccc(Cl)cc2)cc1. The molecule has 0 bridgehead atoms. The molecule has 2 rings (SSSR count). The molecule has 0 fully saturated rings. The predicted molar refractivity (Wildman–Crippen MR) is 87.7 cm³/mol. The van der Waals surface area contributed by atoms with Gasteiger partial charge in [0, 0.05) is 24.2 Å². The quantitative estimate of drug-likeness (QED) is 0.890. The molecule has 4 nitrogen and oxygen atoms in total.